The molecule has 2 nitrogen and oxygen atoms in total. The molecule has 1 aromatic rings. The van der Waals surface area contributed by atoms with Crippen molar-refractivity contribution in [3.8, 4) is 12.3 Å². The van der Waals surface area contributed by atoms with Crippen LogP contribution in [0.4, 0.5) is 5.69 Å². The van der Waals surface area contributed by atoms with Crippen molar-refractivity contribution in [1.29, 1.82) is 0 Å². The summed E-state index contributed by atoms with van der Waals surface area (Å²) in [5.74, 6) is 2.05. The van der Waals surface area contributed by atoms with Crippen LogP contribution < -0.4 is 5.32 Å². The maximum Gasteiger partial charge on any atom is 0.236 e. The Morgan fingerprint density at radius 3 is 2.93 bits per heavy atom. The van der Waals surface area contributed by atoms with Crippen LogP contribution in [0.5, 0.6) is 0 Å². The van der Waals surface area contributed by atoms with Crippen molar-refractivity contribution < 1.29 is 4.79 Å². The topological polar surface area (TPSA) is 29.1 Å². The van der Waals surface area contributed by atoms with Crippen LogP contribution in [0, 0.1) is 19.3 Å². The van der Waals surface area contributed by atoms with Crippen molar-refractivity contribution in [3.05, 3.63) is 27.2 Å². The number of carbonyl (C=O) groups is 1. The maximum absolute atomic E-state index is 11.2. The van der Waals surface area contributed by atoms with E-state index in [1.807, 2.05) is 13.0 Å². The standard InChI is InChI=1S/C11H9BrClNO/c1-3-4-11(15)14-10-6-9(13)7(2)5-8(10)12/h1,5-6H,4H2,2H3,(H,14,15). The van der Waals surface area contributed by atoms with Crippen molar-refractivity contribution in [2.75, 3.05) is 5.32 Å². The molecule has 0 atom stereocenters. The van der Waals surface area contributed by atoms with E-state index in [0.29, 0.717) is 10.7 Å². The first-order valence-electron chi connectivity index (χ1n) is 4.23. The van der Waals surface area contributed by atoms with Crippen LogP contribution >= 0.6 is 27.5 Å². The van der Waals surface area contributed by atoms with Gasteiger partial charge < -0.3 is 5.32 Å². The van der Waals surface area contributed by atoms with Gasteiger partial charge >= 0.3 is 0 Å². The number of carbonyl (C=O) groups excluding carboxylic acids is 1. The number of terminal acetylenes is 1. The molecule has 0 saturated carbocycles. The molecular formula is C11H9BrClNO. The van der Waals surface area contributed by atoms with Gasteiger partial charge in [0.2, 0.25) is 5.91 Å². The average molecular weight is 287 g/mol. The third kappa shape index (κ3) is 3.26. The molecule has 0 spiro atoms. The van der Waals surface area contributed by atoms with Gasteiger partial charge in [0.1, 0.15) is 0 Å². The summed E-state index contributed by atoms with van der Waals surface area (Å²) in [5.41, 5.74) is 1.57. The second kappa shape index (κ2) is 5.20. The summed E-state index contributed by atoms with van der Waals surface area (Å²) in [5, 5.41) is 3.27. The molecule has 1 aromatic carbocycles. The number of amides is 1. The fourth-order valence-electron chi connectivity index (χ4n) is 1.03. The molecule has 15 heavy (non-hydrogen) atoms. The highest BCUT2D eigenvalue weighted by Crippen LogP contribution is 2.29. The lowest BCUT2D eigenvalue weighted by molar-refractivity contribution is -0.115. The molecule has 0 saturated heterocycles. The van der Waals surface area contributed by atoms with E-state index in [4.69, 9.17) is 18.0 Å². The monoisotopic (exact) mass is 285 g/mol. The lowest BCUT2D eigenvalue weighted by Crippen LogP contribution is -2.10. The summed E-state index contributed by atoms with van der Waals surface area (Å²) >= 11 is 9.27. The fraction of sp³-hybridized carbons (Fsp3) is 0.182. The Kier molecular flexibility index (Phi) is 4.19. The summed E-state index contributed by atoms with van der Waals surface area (Å²) in [6.07, 6.45) is 5.08. The molecule has 4 heteroatoms. The third-order valence-electron chi connectivity index (χ3n) is 1.79. The van der Waals surface area contributed by atoms with Crippen molar-refractivity contribution in [3.63, 3.8) is 0 Å². The molecule has 1 rings (SSSR count). The van der Waals surface area contributed by atoms with Crippen LogP contribution in [0.15, 0.2) is 16.6 Å². The normalized spacial score (nSPS) is 9.47. The minimum absolute atomic E-state index is 0.0535. The van der Waals surface area contributed by atoms with Crippen molar-refractivity contribution in [2.24, 2.45) is 0 Å². The van der Waals surface area contributed by atoms with E-state index in [1.54, 1.807) is 6.07 Å². The number of hydrogen-bond acceptors (Lipinski definition) is 1. The Hall–Kier alpha value is -0.980. The van der Waals surface area contributed by atoms with Gasteiger partial charge in [-0.2, -0.15) is 0 Å². The van der Waals surface area contributed by atoms with E-state index < -0.39 is 0 Å². The van der Waals surface area contributed by atoms with Gasteiger partial charge in [-0.25, -0.2) is 0 Å². The molecule has 0 aliphatic rings. The molecule has 0 heterocycles. The molecule has 0 aliphatic heterocycles. The lowest BCUT2D eigenvalue weighted by Gasteiger charge is -2.08. The second-order valence-corrected chi connectivity index (χ2v) is 4.27. The summed E-state index contributed by atoms with van der Waals surface area (Å²) < 4.78 is 0.787. The molecule has 0 aromatic heterocycles. The van der Waals surface area contributed by atoms with Gasteiger partial charge in [-0.15, -0.1) is 6.42 Å². The molecule has 1 N–H and O–H groups in total. The van der Waals surface area contributed by atoms with Gasteiger partial charge in [-0.3, -0.25) is 4.79 Å². The molecule has 0 unspecified atom stereocenters. The Morgan fingerprint density at radius 2 is 2.33 bits per heavy atom. The zero-order valence-electron chi connectivity index (χ0n) is 8.10. The third-order valence-corrected chi connectivity index (χ3v) is 2.85. The Bertz CT molecular complexity index is 437. The van der Waals surface area contributed by atoms with Gasteiger partial charge in [0.25, 0.3) is 0 Å². The molecule has 0 aliphatic carbocycles. The summed E-state index contributed by atoms with van der Waals surface area (Å²) in [7, 11) is 0. The van der Waals surface area contributed by atoms with Crippen molar-refractivity contribution in [2.45, 2.75) is 13.3 Å². The van der Waals surface area contributed by atoms with Gasteiger partial charge in [0.05, 0.1) is 12.1 Å². The fourth-order valence-corrected chi connectivity index (χ4v) is 1.75. The first-order valence-corrected chi connectivity index (χ1v) is 5.40. The van der Waals surface area contributed by atoms with Crippen LogP contribution in [-0.4, -0.2) is 5.91 Å². The molecule has 0 fully saturated rings. The minimum Gasteiger partial charge on any atom is -0.324 e. The highest BCUT2D eigenvalue weighted by molar-refractivity contribution is 9.10. The SMILES string of the molecule is C#CCC(=O)Nc1cc(Cl)c(C)cc1Br. The van der Waals surface area contributed by atoms with Gasteiger partial charge in [-0.05, 0) is 40.5 Å². The first kappa shape index (κ1) is 12.1. The van der Waals surface area contributed by atoms with E-state index in [1.165, 1.54) is 0 Å². The molecule has 0 radical (unpaired) electrons. The number of rotatable bonds is 2. The van der Waals surface area contributed by atoms with Crippen LogP contribution in [0.1, 0.15) is 12.0 Å². The van der Waals surface area contributed by atoms with Crippen LogP contribution in [0.3, 0.4) is 0 Å². The van der Waals surface area contributed by atoms with E-state index in [0.717, 1.165) is 10.0 Å². The second-order valence-electron chi connectivity index (χ2n) is 3.01. The lowest BCUT2D eigenvalue weighted by atomic mass is 10.2. The quantitative estimate of drug-likeness (QED) is 0.830. The smallest absolute Gasteiger partial charge is 0.236 e. The minimum atomic E-state index is -0.224. The largest absolute Gasteiger partial charge is 0.324 e. The van der Waals surface area contributed by atoms with Crippen LogP contribution in [-0.2, 0) is 4.79 Å². The molecule has 1 amide bonds. The number of halogens is 2. The first-order chi connectivity index (χ1) is 7.04. The average Bonchev–Trinajstić information content (AvgIpc) is 2.14. The number of anilines is 1. The Morgan fingerprint density at radius 1 is 1.67 bits per heavy atom. The maximum atomic E-state index is 11.2. The van der Waals surface area contributed by atoms with Gasteiger partial charge in [0, 0.05) is 9.50 Å². The van der Waals surface area contributed by atoms with E-state index >= 15 is 0 Å². The van der Waals surface area contributed by atoms with Crippen LogP contribution in [0.2, 0.25) is 5.02 Å². The van der Waals surface area contributed by atoms with Crippen molar-refractivity contribution >= 4 is 39.1 Å². The summed E-state index contributed by atoms with van der Waals surface area (Å²) in [4.78, 5) is 11.2. The summed E-state index contributed by atoms with van der Waals surface area (Å²) in [6, 6.07) is 3.53. The van der Waals surface area contributed by atoms with E-state index in [2.05, 4.69) is 27.2 Å². The highest BCUT2D eigenvalue weighted by Gasteiger charge is 2.06. The number of nitrogens with one attached hydrogen (secondary N) is 1. The van der Waals surface area contributed by atoms with E-state index in [-0.39, 0.29) is 12.3 Å². The summed E-state index contributed by atoms with van der Waals surface area (Å²) in [6.45, 7) is 1.89. The Labute approximate surface area is 102 Å². The molecular weight excluding hydrogens is 277 g/mol. The zero-order valence-corrected chi connectivity index (χ0v) is 10.4. The molecule has 0 bridgehead atoms. The number of hydrogen-bond donors (Lipinski definition) is 1. The predicted molar refractivity (Wildman–Crippen MR) is 66.0 cm³/mol. The molecule has 78 valence electrons. The zero-order chi connectivity index (χ0) is 11.4. The van der Waals surface area contributed by atoms with Crippen molar-refractivity contribution in [1.82, 2.24) is 0 Å². The van der Waals surface area contributed by atoms with Gasteiger partial charge in [-0.1, -0.05) is 17.5 Å². The van der Waals surface area contributed by atoms with Gasteiger partial charge in [0.15, 0.2) is 0 Å². The van der Waals surface area contributed by atoms with Crippen LogP contribution in [0.25, 0.3) is 0 Å². The Balaban J connectivity index is 2.92. The number of aryl methyl sites for hydroxylation is 1. The predicted octanol–water partition coefficient (Wildman–Crippen LogP) is 3.37. The number of benzene rings is 1. The van der Waals surface area contributed by atoms with E-state index in [9.17, 15) is 4.79 Å². The highest BCUT2D eigenvalue weighted by atomic mass is 79.9.